The van der Waals surface area contributed by atoms with Gasteiger partial charge in [-0.15, -0.1) is 0 Å². The first kappa shape index (κ1) is 61.1. The van der Waals surface area contributed by atoms with E-state index in [2.05, 4.69) is 33.5 Å². The standard InChI is InChI=1S/C44H32O32S8/c45-33-9-25-1-21-2-26(10-34(46)41(21)33)78(55,56)71-18-72-80(59,60)28-5-23-6-30(14-38(50)43(23)36(48)12-28)82(63,64)75-20-76-84(67,68)32-8-24-7-31(15-39(51)44(24)40(52)16-32)83(65,66)74-19-73-81(61,62)29-4-22-3-27(11-35(47)42(22)37(49)13-29)79(57,58)70-17-69-77(25,53)54/h1-16,45-52H,17-20H2. The first-order valence-electron chi connectivity index (χ1n) is 22.0. The van der Waals surface area contributed by atoms with Crippen molar-refractivity contribution >= 4 is 124 Å². The number of phenolic OH excluding ortho intramolecular Hbond substituents is 8. The smallest absolute Gasteiger partial charge is 0.299 e. The van der Waals surface area contributed by atoms with Crippen LogP contribution < -0.4 is 0 Å². The summed E-state index contributed by atoms with van der Waals surface area (Å²) < 4.78 is 250. The molecule has 0 saturated heterocycles. The first-order valence-corrected chi connectivity index (χ1v) is 33.2. The van der Waals surface area contributed by atoms with E-state index in [1.54, 1.807) is 0 Å². The Labute approximate surface area is 472 Å². The van der Waals surface area contributed by atoms with Gasteiger partial charge in [0.05, 0.1) is 60.7 Å². The van der Waals surface area contributed by atoms with E-state index in [-0.39, 0.29) is 0 Å². The minimum absolute atomic E-state index is 0.463. The molecule has 8 N–H and O–H groups in total. The number of fused-ring (bicyclic) bond motifs is 8. The Morgan fingerprint density at radius 3 is 0.417 bits per heavy atom. The van der Waals surface area contributed by atoms with Gasteiger partial charge in [-0.25, -0.2) is 33.5 Å². The number of aromatic hydroxyl groups is 8. The Morgan fingerprint density at radius 1 is 0.202 bits per heavy atom. The maximum atomic E-state index is 13.3. The Balaban J connectivity index is 1.08. The van der Waals surface area contributed by atoms with E-state index in [0.29, 0.717) is 97.1 Å². The second kappa shape index (κ2) is 21.2. The lowest BCUT2D eigenvalue weighted by molar-refractivity contribution is 0.131. The predicted octanol–water partition coefficient (Wildman–Crippen LogP) is 2.53. The van der Waals surface area contributed by atoms with Crippen LogP contribution in [0.4, 0.5) is 0 Å². The molecule has 1 aliphatic heterocycles. The molecule has 1 aliphatic rings. The average molecular weight is 1330 g/mol. The highest BCUT2D eigenvalue weighted by Crippen LogP contribution is 2.43. The monoisotopic (exact) mass is 1330 g/mol. The van der Waals surface area contributed by atoms with Crippen LogP contribution in [0.15, 0.2) is 136 Å². The van der Waals surface area contributed by atoms with Crippen LogP contribution in [0.5, 0.6) is 46.0 Å². The Bertz CT molecular complexity index is 4180. The van der Waals surface area contributed by atoms with E-state index in [4.69, 9.17) is 0 Å². The first-order chi connectivity index (χ1) is 38.8. The maximum absolute atomic E-state index is 13.3. The summed E-state index contributed by atoms with van der Waals surface area (Å²) in [6.07, 6.45) is 0. The highest BCUT2D eigenvalue weighted by molar-refractivity contribution is 7.89. The van der Waals surface area contributed by atoms with Crippen LogP contribution in [0.25, 0.3) is 43.1 Å². The van der Waals surface area contributed by atoms with Crippen molar-refractivity contribution in [2.24, 2.45) is 0 Å². The van der Waals surface area contributed by atoms with Crippen molar-refractivity contribution in [2.45, 2.75) is 39.2 Å². The molecule has 40 heteroatoms. The SMILES string of the molecule is O=S1(=O)OCOS(=O)(=O)c2cc(O)c3c(O)cc(cc3c2)S(=O)(=O)OCOS(=O)(=O)c2cc(O)c3c(O)cc(cc3c2)S(=O)(=O)OCOS(=O)(=O)c2cc(O)c3c(O)cc(cc3c2)S(=O)(=O)OCOS(=O)(=O)c2cc(O)c3c(O)cc1cc3c2. The number of rotatable bonds is 0. The summed E-state index contributed by atoms with van der Waals surface area (Å²) >= 11 is 0. The normalized spacial score (nSPS) is 19.8. The summed E-state index contributed by atoms with van der Waals surface area (Å²) in [7, 11) is -42.2. The van der Waals surface area contributed by atoms with Gasteiger partial charge in [0.25, 0.3) is 80.9 Å². The predicted molar refractivity (Wildman–Crippen MR) is 275 cm³/mol. The van der Waals surface area contributed by atoms with E-state index in [1.165, 1.54) is 0 Å². The van der Waals surface area contributed by atoms with Gasteiger partial charge in [0.15, 0.2) is 27.2 Å². The summed E-state index contributed by atoms with van der Waals surface area (Å²) in [6.45, 7) is -6.91. The summed E-state index contributed by atoms with van der Waals surface area (Å²) in [5.41, 5.74) is 0. The molecule has 0 aliphatic carbocycles. The minimum Gasteiger partial charge on any atom is -0.507 e. The van der Waals surface area contributed by atoms with Crippen molar-refractivity contribution in [3.8, 4) is 46.0 Å². The van der Waals surface area contributed by atoms with Crippen LogP contribution in [0.3, 0.4) is 0 Å². The molecule has 12 bridgehead atoms. The van der Waals surface area contributed by atoms with Crippen molar-refractivity contribution in [3.63, 3.8) is 0 Å². The molecule has 0 unspecified atom stereocenters. The molecule has 0 fully saturated rings. The maximum Gasteiger partial charge on any atom is 0.299 e. The molecule has 9 rings (SSSR count). The van der Waals surface area contributed by atoms with Gasteiger partial charge < -0.3 is 40.9 Å². The molecule has 448 valence electrons. The van der Waals surface area contributed by atoms with E-state index >= 15 is 0 Å². The molecule has 0 aromatic heterocycles. The van der Waals surface area contributed by atoms with Gasteiger partial charge in [-0.05, 0) is 70.1 Å². The summed E-state index contributed by atoms with van der Waals surface area (Å²) in [5, 5.41) is 80.8. The third-order valence-electron chi connectivity index (χ3n) is 11.8. The molecular weight excluding hydrogens is 1300 g/mol. The van der Waals surface area contributed by atoms with E-state index in [1.807, 2.05) is 0 Å². The number of benzene rings is 8. The summed E-state index contributed by atoms with van der Waals surface area (Å²) in [4.78, 5) is -8.43. The summed E-state index contributed by atoms with van der Waals surface area (Å²) in [6, 6.07) is 8.43. The molecule has 0 atom stereocenters. The zero-order valence-electron chi connectivity index (χ0n) is 40.7. The van der Waals surface area contributed by atoms with Gasteiger partial charge in [0.2, 0.25) is 0 Å². The van der Waals surface area contributed by atoms with E-state index < -0.39 is 236 Å². The lowest BCUT2D eigenvalue weighted by Gasteiger charge is -2.13. The Kier molecular flexibility index (Phi) is 15.4. The Morgan fingerprint density at radius 2 is 0.310 bits per heavy atom. The Hall–Kier alpha value is -7.52. The van der Waals surface area contributed by atoms with E-state index in [9.17, 15) is 108 Å². The van der Waals surface area contributed by atoms with Crippen molar-refractivity contribution in [1.82, 2.24) is 0 Å². The van der Waals surface area contributed by atoms with Crippen LogP contribution in [-0.4, -0.2) is 135 Å². The summed E-state index contributed by atoms with van der Waals surface area (Å²) in [5.74, 6) is -8.44. The second-order valence-electron chi connectivity index (χ2n) is 17.0. The molecular formula is C44H32O32S8. The van der Waals surface area contributed by atoms with Crippen molar-refractivity contribution < 1.29 is 142 Å². The number of phenols is 8. The molecule has 8 aromatic rings. The lowest BCUT2D eigenvalue weighted by atomic mass is 10.1. The fourth-order valence-electron chi connectivity index (χ4n) is 7.95. The van der Waals surface area contributed by atoms with Crippen molar-refractivity contribution in [3.05, 3.63) is 97.1 Å². The van der Waals surface area contributed by atoms with Crippen molar-refractivity contribution in [1.29, 1.82) is 0 Å². The second-order valence-corrected chi connectivity index (χ2v) is 29.9. The fraction of sp³-hybridized carbons (Fsp3) is 0.0909. The van der Waals surface area contributed by atoms with Crippen LogP contribution >= 0.6 is 0 Å². The molecule has 32 nitrogen and oxygen atoms in total. The molecule has 0 saturated carbocycles. The third kappa shape index (κ3) is 11.8. The van der Waals surface area contributed by atoms with Gasteiger partial charge in [0, 0.05) is 48.5 Å². The number of hydrogen-bond donors (Lipinski definition) is 8. The quantitative estimate of drug-likeness (QED) is 0.101. The van der Waals surface area contributed by atoms with Gasteiger partial charge in [-0.1, -0.05) is 0 Å². The molecule has 84 heavy (non-hydrogen) atoms. The van der Waals surface area contributed by atoms with Crippen LogP contribution in [0, 0.1) is 0 Å². The van der Waals surface area contributed by atoms with Crippen LogP contribution in [0.2, 0.25) is 0 Å². The van der Waals surface area contributed by atoms with Gasteiger partial charge >= 0.3 is 0 Å². The van der Waals surface area contributed by atoms with Crippen LogP contribution in [-0.2, 0) is 114 Å². The fourth-order valence-corrected chi connectivity index (χ4v) is 14.9. The largest absolute Gasteiger partial charge is 0.507 e. The van der Waals surface area contributed by atoms with E-state index in [0.717, 1.165) is 0 Å². The topological polar surface area (TPSA) is 509 Å². The zero-order chi connectivity index (χ0) is 61.7. The van der Waals surface area contributed by atoms with Gasteiger partial charge in [0.1, 0.15) is 46.0 Å². The highest BCUT2D eigenvalue weighted by atomic mass is 32.3. The third-order valence-corrected chi connectivity index (χ3v) is 21.5. The van der Waals surface area contributed by atoms with Gasteiger partial charge in [-0.3, -0.25) is 0 Å². The zero-order valence-corrected chi connectivity index (χ0v) is 47.2. The van der Waals surface area contributed by atoms with Gasteiger partial charge in [-0.2, -0.15) is 67.3 Å². The number of hydrogen-bond acceptors (Lipinski definition) is 32. The molecule has 0 spiro atoms. The molecule has 1 heterocycles. The highest BCUT2D eigenvalue weighted by Gasteiger charge is 2.31. The lowest BCUT2D eigenvalue weighted by Crippen LogP contribution is -2.15. The van der Waals surface area contributed by atoms with Crippen LogP contribution in [0.1, 0.15) is 0 Å². The molecule has 0 radical (unpaired) electrons. The average Bonchev–Trinajstić information content (AvgIpc) is 1.18. The van der Waals surface area contributed by atoms with Crippen molar-refractivity contribution in [2.75, 3.05) is 27.2 Å². The molecule has 0 amide bonds. The molecule has 8 aromatic carbocycles. The minimum atomic E-state index is -5.27.